The third-order valence-electron chi connectivity index (χ3n) is 5.71. The number of anilines is 2. The molecule has 0 radical (unpaired) electrons. The van der Waals surface area contributed by atoms with Crippen molar-refractivity contribution >= 4 is 63.7 Å². The van der Waals surface area contributed by atoms with Gasteiger partial charge in [0.1, 0.15) is 5.25 Å². The maximum absolute atomic E-state index is 13.2. The zero-order chi connectivity index (χ0) is 26.2. The molecule has 3 atom stereocenters. The molecule has 192 valence electrons. The summed E-state index contributed by atoms with van der Waals surface area (Å²) in [4.78, 5) is 42.7. The van der Waals surface area contributed by atoms with Gasteiger partial charge < -0.3 is 10.4 Å². The van der Waals surface area contributed by atoms with Gasteiger partial charge in [-0.15, -0.1) is 11.8 Å². The SMILES string of the molecule is CCSc1nsc(NC(=O)C(Sc2ccc(NC(=O)C3CC=CCC3C(=O)O)cc2)c2ccccc2)n1. The number of carboxylic acid groups (broad SMARTS) is 1. The van der Waals surface area contributed by atoms with Gasteiger partial charge in [-0.1, -0.05) is 61.2 Å². The first-order valence-electron chi connectivity index (χ1n) is 11.7. The number of aromatic nitrogens is 2. The number of thioether (sulfide) groups is 2. The molecule has 3 N–H and O–H groups in total. The molecule has 2 aromatic carbocycles. The molecule has 0 aliphatic heterocycles. The molecule has 0 saturated heterocycles. The van der Waals surface area contributed by atoms with Gasteiger partial charge in [0.25, 0.3) is 0 Å². The predicted octanol–water partition coefficient (Wildman–Crippen LogP) is 5.73. The Labute approximate surface area is 227 Å². The Kier molecular flexibility index (Phi) is 9.37. The van der Waals surface area contributed by atoms with E-state index in [1.165, 1.54) is 23.5 Å². The second kappa shape index (κ2) is 12.9. The number of carboxylic acids is 1. The highest BCUT2D eigenvalue weighted by molar-refractivity contribution is 8.00. The van der Waals surface area contributed by atoms with Gasteiger partial charge in [0.05, 0.1) is 11.8 Å². The molecule has 0 spiro atoms. The van der Waals surface area contributed by atoms with Crippen LogP contribution in [0.5, 0.6) is 0 Å². The number of allylic oxidation sites excluding steroid dienone is 2. The Morgan fingerprint density at radius 1 is 1.03 bits per heavy atom. The van der Waals surface area contributed by atoms with Crippen molar-refractivity contribution in [3.05, 3.63) is 72.3 Å². The first-order valence-corrected chi connectivity index (χ1v) is 14.4. The molecule has 2 amide bonds. The fraction of sp³-hybridized carbons (Fsp3) is 0.269. The quantitative estimate of drug-likeness (QED) is 0.215. The number of nitrogens with zero attached hydrogens (tertiary/aromatic N) is 2. The molecule has 1 aliphatic carbocycles. The van der Waals surface area contributed by atoms with Gasteiger partial charge in [-0.05, 0) is 48.4 Å². The van der Waals surface area contributed by atoms with Crippen molar-refractivity contribution < 1.29 is 19.5 Å². The summed E-state index contributed by atoms with van der Waals surface area (Å²) in [6.45, 7) is 2.02. The first-order chi connectivity index (χ1) is 17.9. The minimum Gasteiger partial charge on any atom is -0.481 e. The average molecular weight is 555 g/mol. The van der Waals surface area contributed by atoms with Crippen LogP contribution in [0, 0.1) is 11.8 Å². The van der Waals surface area contributed by atoms with E-state index in [2.05, 4.69) is 20.0 Å². The van der Waals surface area contributed by atoms with Crippen molar-refractivity contribution in [2.45, 2.75) is 35.1 Å². The van der Waals surface area contributed by atoms with Crippen LogP contribution in [0.1, 0.15) is 30.6 Å². The van der Waals surface area contributed by atoms with E-state index in [-0.39, 0.29) is 11.8 Å². The zero-order valence-corrected chi connectivity index (χ0v) is 22.4. The molecule has 8 nitrogen and oxygen atoms in total. The highest BCUT2D eigenvalue weighted by Crippen LogP contribution is 2.37. The van der Waals surface area contributed by atoms with Gasteiger partial charge in [0.2, 0.25) is 22.1 Å². The van der Waals surface area contributed by atoms with Gasteiger partial charge in [-0.2, -0.15) is 9.36 Å². The Morgan fingerprint density at radius 2 is 1.73 bits per heavy atom. The van der Waals surface area contributed by atoms with E-state index in [9.17, 15) is 19.5 Å². The van der Waals surface area contributed by atoms with E-state index in [4.69, 9.17) is 0 Å². The summed E-state index contributed by atoms with van der Waals surface area (Å²) in [5.74, 6) is -1.97. The van der Waals surface area contributed by atoms with Crippen molar-refractivity contribution in [2.24, 2.45) is 11.8 Å². The van der Waals surface area contributed by atoms with Crippen molar-refractivity contribution in [1.82, 2.24) is 9.36 Å². The van der Waals surface area contributed by atoms with Gasteiger partial charge in [0.15, 0.2) is 0 Å². The van der Waals surface area contributed by atoms with Gasteiger partial charge in [0, 0.05) is 22.1 Å². The summed E-state index contributed by atoms with van der Waals surface area (Å²) in [5.41, 5.74) is 1.42. The Bertz CT molecular complexity index is 1260. The highest BCUT2D eigenvalue weighted by atomic mass is 32.2. The van der Waals surface area contributed by atoms with E-state index in [0.717, 1.165) is 27.7 Å². The van der Waals surface area contributed by atoms with E-state index in [1.54, 1.807) is 12.1 Å². The maximum Gasteiger partial charge on any atom is 0.307 e. The highest BCUT2D eigenvalue weighted by Gasteiger charge is 2.34. The number of benzene rings is 2. The monoisotopic (exact) mass is 554 g/mol. The standard InChI is InChI=1S/C26H26N4O4S3/c1-2-35-26-29-25(37-30-26)28-23(32)21(16-8-4-3-5-9-16)36-18-14-12-17(13-15-18)27-22(31)19-10-6-7-11-20(19)24(33)34/h3-9,12-15,19-21H,2,10-11H2,1H3,(H,27,31)(H,33,34)(H,28,29,30,32). The summed E-state index contributed by atoms with van der Waals surface area (Å²) in [6, 6.07) is 16.7. The molecule has 0 saturated carbocycles. The lowest BCUT2D eigenvalue weighted by molar-refractivity contribution is -0.146. The molecular formula is C26H26N4O4S3. The number of carbonyl (C=O) groups excluding carboxylic acids is 2. The zero-order valence-electron chi connectivity index (χ0n) is 20.0. The van der Waals surface area contributed by atoms with Gasteiger partial charge >= 0.3 is 5.97 Å². The van der Waals surface area contributed by atoms with Crippen molar-refractivity contribution in [1.29, 1.82) is 0 Å². The summed E-state index contributed by atoms with van der Waals surface area (Å²) < 4.78 is 4.26. The number of rotatable bonds is 10. The van der Waals surface area contributed by atoms with Crippen LogP contribution in [-0.4, -0.2) is 38.0 Å². The molecule has 37 heavy (non-hydrogen) atoms. The summed E-state index contributed by atoms with van der Waals surface area (Å²) in [7, 11) is 0. The molecule has 11 heteroatoms. The Balaban J connectivity index is 1.44. The van der Waals surface area contributed by atoms with E-state index >= 15 is 0 Å². The van der Waals surface area contributed by atoms with Crippen molar-refractivity contribution in [3.8, 4) is 0 Å². The van der Waals surface area contributed by atoms with Crippen LogP contribution in [0.3, 0.4) is 0 Å². The fourth-order valence-corrected chi connectivity index (χ4v) is 6.18. The average Bonchev–Trinajstić information content (AvgIpc) is 3.35. The number of hydrogen-bond donors (Lipinski definition) is 3. The molecule has 3 aromatic rings. The molecule has 0 bridgehead atoms. The Morgan fingerprint density at radius 3 is 2.41 bits per heavy atom. The third kappa shape index (κ3) is 7.21. The molecule has 1 heterocycles. The lowest BCUT2D eigenvalue weighted by Crippen LogP contribution is -2.34. The van der Waals surface area contributed by atoms with Crippen LogP contribution in [0.2, 0.25) is 0 Å². The Hall–Kier alpha value is -3.15. The minimum atomic E-state index is -0.963. The third-order valence-corrected chi connectivity index (χ3v) is 8.46. The second-order valence-corrected chi connectivity index (χ2v) is 11.4. The lowest BCUT2D eigenvalue weighted by Gasteiger charge is -2.24. The van der Waals surface area contributed by atoms with Crippen molar-refractivity contribution in [2.75, 3.05) is 16.4 Å². The van der Waals surface area contributed by atoms with E-state index in [0.29, 0.717) is 28.8 Å². The van der Waals surface area contributed by atoms with Crippen molar-refractivity contribution in [3.63, 3.8) is 0 Å². The molecule has 1 aliphatic rings. The van der Waals surface area contributed by atoms with Crippen LogP contribution in [-0.2, 0) is 14.4 Å². The molecule has 4 rings (SSSR count). The summed E-state index contributed by atoms with van der Waals surface area (Å²) in [5, 5.41) is 15.7. The van der Waals surface area contributed by atoms with Crippen LogP contribution >= 0.6 is 35.1 Å². The normalized spacial score (nSPS) is 17.6. The molecular weight excluding hydrogens is 529 g/mol. The first kappa shape index (κ1) is 26.9. The van der Waals surface area contributed by atoms with E-state index < -0.39 is 23.1 Å². The fourth-order valence-electron chi connectivity index (χ4n) is 3.88. The minimum absolute atomic E-state index is 0.206. The lowest BCUT2D eigenvalue weighted by atomic mass is 9.82. The smallest absolute Gasteiger partial charge is 0.307 e. The summed E-state index contributed by atoms with van der Waals surface area (Å²) in [6.07, 6.45) is 4.41. The van der Waals surface area contributed by atoms with E-state index in [1.807, 2.05) is 61.5 Å². The largest absolute Gasteiger partial charge is 0.481 e. The number of hydrogen-bond acceptors (Lipinski definition) is 8. The molecule has 1 aromatic heterocycles. The number of nitrogens with one attached hydrogen (secondary N) is 2. The second-order valence-electron chi connectivity index (χ2n) is 8.22. The van der Waals surface area contributed by atoms with Crippen LogP contribution < -0.4 is 10.6 Å². The van der Waals surface area contributed by atoms with Crippen LogP contribution in [0.4, 0.5) is 10.8 Å². The van der Waals surface area contributed by atoms with Gasteiger partial charge in [-0.3, -0.25) is 19.7 Å². The van der Waals surface area contributed by atoms with Crippen LogP contribution in [0.15, 0.2) is 76.8 Å². The molecule has 3 unspecified atom stereocenters. The molecule has 0 fully saturated rings. The van der Waals surface area contributed by atoms with Crippen LogP contribution in [0.25, 0.3) is 0 Å². The summed E-state index contributed by atoms with van der Waals surface area (Å²) >= 11 is 4.06. The van der Waals surface area contributed by atoms with Gasteiger partial charge in [-0.25, -0.2) is 0 Å². The topological polar surface area (TPSA) is 121 Å². The predicted molar refractivity (Wildman–Crippen MR) is 148 cm³/mol. The maximum atomic E-state index is 13.2. The number of carbonyl (C=O) groups is 3. The number of amides is 2. The number of aliphatic carboxylic acids is 1.